The first-order chi connectivity index (χ1) is 8.43. The Morgan fingerprint density at radius 1 is 1.22 bits per heavy atom. The number of hydrogen-bond donors (Lipinski definition) is 1. The van der Waals surface area contributed by atoms with Gasteiger partial charge < -0.3 is 9.84 Å². The largest absolute Gasteiger partial charge is 0.339 e. The summed E-state index contributed by atoms with van der Waals surface area (Å²) in [5.74, 6) is 1.82. The number of hydrogen-bond acceptors (Lipinski definition) is 4. The fourth-order valence-corrected chi connectivity index (χ4v) is 2.17. The van der Waals surface area contributed by atoms with Gasteiger partial charge in [-0.1, -0.05) is 35.5 Å². The van der Waals surface area contributed by atoms with Crippen LogP contribution < -0.4 is 5.32 Å². The van der Waals surface area contributed by atoms with Crippen molar-refractivity contribution in [1.29, 1.82) is 0 Å². The maximum atomic E-state index is 5.36. The summed E-state index contributed by atoms with van der Waals surface area (Å²) >= 11 is 0. The van der Waals surface area contributed by atoms with Crippen molar-refractivity contribution in [1.82, 2.24) is 15.5 Å². The molecule has 1 aromatic heterocycles. The van der Waals surface area contributed by atoms with Crippen molar-refractivity contribution in [3.05, 3.63) is 36.2 Å². The highest BCUT2D eigenvalue weighted by molar-refractivity contribution is 5.85. The molecule has 1 saturated heterocycles. The van der Waals surface area contributed by atoms with E-state index in [1.165, 1.54) is 6.42 Å². The molecule has 1 aliphatic heterocycles. The molecule has 2 aromatic rings. The fraction of sp³-hybridized carbons (Fsp3) is 0.385. The van der Waals surface area contributed by atoms with Crippen LogP contribution in [-0.4, -0.2) is 23.2 Å². The van der Waals surface area contributed by atoms with Crippen molar-refractivity contribution in [3.63, 3.8) is 0 Å². The van der Waals surface area contributed by atoms with E-state index in [-0.39, 0.29) is 12.4 Å². The first-order valence-electron chi connectivity index (χ1n) is 6.03. The minimum atomic E-state index is 0. The van der Waals surface area contributed by atoms with Crippen LogP contribution in [0.3, 0.4) is 0 Å². The Bertz CT molecular complexity index is 480. The minimum absolute atomic E-state index is 0. The molecule has 0 saturated carbocycles. The van der Waals surface area contributed by atoms with E-state index in [4.69, 9.17) is 4.52 Å². The molecule has 0 spiro atoms. The van der Waals surface area contributed by atoms with Crippen LogP contribution >= 0.6 is 12.4 Å². The van der Waals surface area contributed by atoms with Crippen molar-refractivity contribution < 1.29 is 4.52 Å². The Hall–Kier alpha value is -1.39. The normalized spacial score (nSPS) is 19.2. The Morgan fingerprint density at radius 2 is 2.06 bits per heavy atom. The van der Waals surface area contributed by atoms with Crippen LogP contribution in [0.4, 0.5) is 0 Å². The molecule has 1 fully saturated rings. The summed E-state index contributed by atoms with van der Waals surface area (Å²) in [6.45, 7) is 2.03. The highest BCUT2D eigenvalue weighted by Gasteiger charge is 2.21. The summed E-state index contributed by atoms with van der Waals surface area (Å²) in [6.07, 6.45) is 2.30. The molecule has 2 heterocycles. The van der Waals surface area contributed by atoms with Gasteiger partial charge in [-0.3, -0.25) is 0 Å². The molecule has 0 amide bonds. The monoisotopic (exact) mass is 265 g/mol. The molecule has 96 valence electrons. The van der Waals surface area contributed by atoms with Crippen molar-refractivity contribution in [2.75, 3.05) is 13.1 Å². The van der Waals surface area contributed by atoms with Gasteiger partial charge in [0.15, 0.2) is 0 Å². The zero-order valence-corrected chi connectivity index (χ0v) is 10.8. The number of nitrogens with one attached hydrogen (secondary N) is 1. The minimum Gasteiger partial charge on any atom is -0.339 e. The van der Waals surface area contributed by atoms with E-state index in [9.17, 15) is 0 Å². The zero-order chi connectivity index (χ0) is 11.5. The van der Waals surface area contributed by atoms with Gasteiger partial charge in [0.25, 0.3) is 0 Å². The number of halogens is 1. The Morgan fingerprint density at radius 3 is 2.78 bits per heavy atom. The maximum Gasteiger partial charge on any atom is 0.231 e. The summed E-state index contributed by atoms with van der Waals surface area (Å²) in [5, 5.41) is 7.40. The van der Waals surface area contributed by atoms with Crippen molar-refractivity contribution in [3.8, 4) is 11.4 Å². The van der Waals surface area contributed by atoms with E-state index in [0.717, 1.165) is 31.0 Å². The predicted octanol–water partition coefficient (Wildman–Crippen LogP) is 2.63. The molecule has 1 atom stereocenters. The molecule has 1 aliphatic rings. The number of aromatic nitrogens is 2. The third-order valence-electron chi connectivity index (χ3n) is 3.12. The van der Waals surface area contributed by atoms with Crippen molar-refractivity contribution in [2.24, 2.45) is 0 Å². The van der Waals surface area contributed by atoms with Gasteiger partial charge in [-0.25, -0.2) is 0 Å². The summed E-state index contributed by atoms with van der Waals surface area (Å²) in [7, 11) is 0. The van der Waals surface area contributed by atoms with Gasteiger partial charge in [-0.2, -0.15) is 4.98 Å². The van der Waals surface area contributed by atoms with Gasteiger partial charge in [0, 0.05) is 12.1 Å². The lowest BCUT2D eigenvalue weighted by Gasteiger charge is -2.18. The lowest BCUT2D eigenvalue weighted by atomic mass is 10.00. The third-order valence-corrected chi connectivity index (χ3v) is 3.12. The summed E-state index contributed by atoms with van der Waals surface area (Å²) in [6, 6.07) is 9.93. The molecule has 3 rings (SSSR count). The molecule has 0 aliphatic carbocycles. The van der Waals surface area contributed by atoms with E-state index in [1.54, 1.807) is 0 Å². The smallest absolute Gasteiger partial charge is 0.231 e. The summed E-state index contributed by atoms with van der Waals surface area (Å²) in [4.78, 5) is 4.49. The molecule has 5 heteroatoms. The molecule has 0 radical (unpaired) electrons. The van der Waals surface area contributed by atoms with E-state index in [0.29, 0.717) is 11.7 Å². The Labute approximate surface area is 112 Å². The highest BCUT2D eigenvalue weighted by atomic mass is 35.5. The van der Waals surface area contributed by atoms with Crippen molar-refractivity contribution in [2.45, 2.75) is 18.8 Å². The van der Waals surface area contributed by atoms with Crippen LogP contribution in [0.2, 0.25) is 0 Å². The number of nitrogens with zero attached hydrogens (tertiary/aromatic N) is 2. The predicted molar refractivity (Wildman–Crippen MR) is 71.8 cm³/mol. The standard InChI is InChI=1S/C13H15N3O.ClH/c1-2-5-10(6-3-1)12-15-13(17-16-12)11-7-4-8-14-9-11;/h1-3,5-6,11,14H,4,7-9H2;1H. The average molecular weight is 266 g/mol. The van der Waals surface area contributed by atoms with Crippen molar-refractivity contribution >= 4 is 12.4 Å². The number of benzene rings is 1. The maximum absolute atomic E-state index is 5.36. The molecular formula is C13H16ClN3O. The van der Waals surface area contributed by atoms with Gasteiger partial charge in [0.2, 0.25) is 11.7 Å². The topological polar surface area (TPSA) is 51.0 Å². The lowest BCUT2D eigenvalue weighted by molar-refractivity contribution is 0.322. The zero-order valence-electron chi connectivity index (χ0n) is 10.0. The van der Waals surface area contributed by atoms with Crippen LogP contribution in [0, 0.1) is 0 Å². The Balaban J connectivity index is 0.00000120. The van der Waals surface area contributed by atoms with E-state index in [1.807, 2.05) is 30.3 Å². The first kappa shape index (κ1) is 13.1. The van der Waals surface area contributed by atoms with Gasteiger partial charge in [-0.15, -0.1) is 12.4 Å². The highest BCUT2D eigenvalue weighted by Crippen LogP contribution is 2.24. The average Bonchev–Trinajstić information content (AvgIpc) is 2.90. The van der Waals surface area contributed by atoms with E-state index in [2.05, 4.69) is 15.5 Å². The SMILES string of the molecule is Cl.c1ccc(-c2noc(C3CCCNC3)n2)cc1. The second-order valence-corrected chi connectivity index (χ2v) is 4.37. The molecule has 1 aromatic carbocycles. The van der Waals surface area contributed by atoms with Crippen LogP contribution in [-0.2, 0) is 0 Å². The Kier molecular flexibility index (Phi) is 4.33. The lowest BCUT2D eigenvalue weighted by Crippen LogP contribution is -2.28. The first-order valence-corrected chi connectivity index (χ1v) is 6.03. The quantitative estimate of drug-likeness (QED) is 0.907. The van der Waals surface area contributed by atoms with Gasteiger partial charge >= 0.3 is 0 Å². The summed E-state index contributed by atoms with van der Waals surface area (Å²) in [5.41, 5.74) is 1.01. The van der Waals surface area contributed by atoms with Crippen LogP contribution in [0.25, 0.3) is 11.4 Å². The molecule has 1 unspecified atom stereocenters. The van der Waals surface area contributed by atoms with E-state index >= 15 is 0 Å². The fourth-order valence-electron chi connectivity index (χ4n) is 2.17. The molecule has 18 heavy (non-hydrogen) atoms. The summed E-state index contributed by atoms with van der Waals surface area (Å²) < 4.78 is 5.36. The molecule has 0 bridgehead atoms. The second kappa shape index (κ2) is 5.98. The second-order valence-electron chi connectivity index (χ2n) is 4.37. The van der Waals surface area contributed by atoms with Gasteiger partial charge in [0.1, 0.15) is 0 Å². The van der Waals surface area contributed by atoms with Gasteiger partial charge in [0.05, 0.1) is 5.92 Å². The number of rotatable bonds is 2. The molecule has 1 N–H and O–H groups in total. The van der Waals surface area contributed by atoms with E-state index < -0.39 is 0 Å². The van der Waals surface area contributed by atoms with Crippen LogP contribution in [0.1, 0.15) is 24.7 Å². The number of piperidine rings is 1. The molecular weight excluding hydrogens is 250 g/mol. The van der Waals surface area contributed by atoms with Crippen LogP contribution in [0.15, 0.2) is 34.9 Å². The third kappa shape index (κ3) is 2.71. The van der Waals surface area contributed by atoms with Gasteiger partial charge in [-0.05, 0) is 19.4 Å². The molecule has 4 nitrogen and oxygen atoms in total. The van der Waals surface area contributed by atoms with Crippen LogP contribution in [0.5, 0.6) is 0 Å².